The molecule has 24 heavy (non-hydrogen) atoms. The van der Waals surface area contributed by atoms with Crippen molar-refractivity contribution in [3.63, 3.8) is 0 Å². The van der Waals surface area contributed by atoms with Crippen LogP contribution in [0.2, 0.25) is 0 Å². The molecule has 126 valence electrons. The number of benzene rings is 2. The highest BCUT2D eigenvalue weighted by atomic mass is 32.2. The molecule has 0 unspecified atom stereocenters. The summed E-state index contributed by atoms with van der Waals surface area (Å²) in [6.07, 6.45) is 0. The van der Waals surface area contributed by atoms with E-state index in [9.17, 15) is 9.59 Å². The van der Waals surface area contributed by atoms with Gasteiger partial charge in [-0.15, -0.1) is 11.8 Å². The summed E-state index contributed by atoms with van der Waals surface area (Å²) >= 11 is 1.40. The van der Waals surface area contributed by atoms with E-state index in [2.05, 4.69) is 10.9 Å². The lowest BCUT2D eigenvalue weighted by atomic mass is 10.1. The minimum atomic E-state index is -0.410. The molecular formula is C18H20N2O3S. The van der Waals surface area contributed by atoms with E-state index in [0.29, 0.717) is 5.75 Å². The second kappa shape index (κ2) is 8.98. The lowest BCUT2D eigenvalue weighted by molar-refractivity contribution is -0.128. The van der Waals surface area contributed by atoms with E-state index >= 15 is 0 Å². The third-order valence-corrected chi connectivity index (χ3v) is 4.03. The van der Waals surface area contributed by atoms with Crippen molar-refractivity contribution < 1.29 is 14.3 Å². The number of thioether (sulfide) groups is 1. The van der Waals surface area contributed by atoms with Crippen molar-refractivity contribution >= 4 is 23.6 Å². The number of hydrogen-bond acceptors (Lipinski definition) is 4. The van der Waals surface area contributed by atoms with Crippen LogP contribution < -0.4 is 15.6 Å². The summed E-state index contributed by atoms with van der Waals surface area (Å²) in [7, 11) is 0. The quantitative estimate of drug-likeness (QED) is 0.624. The van der Waals surface area contributed by atoms with Crippen molar-refractivity contribution in [3.05, 3.63) is 59.7 Å². The number of carbonyl (C=O) groups is 2. The first kappa shape index (κ1) is 17.9. The Morgan fingerprint density at radius 2 is 1.58 bits per heavy atom. The molecule has 0 radical (unpaired) electrons. The Kier molecular flexibility index (Phi) is 6.69. The van der Waals surface area contributed by atoms with Gasteiger partial charge in [-0.05, 0) is 49.2 Å². The van der Waals surface area contributed by atoms with Gasteiger partial charge in [-0.25, -0.2) is 0 Å². The summed E-state index contributed by atoms with van der Waals surface area (Å²) in [5.41, 5.74) is 6.85. The monoisotopic (exact) mass is 344 g/mol. The van der Waals surface area contributed by atoms with Crippen LogP contribution in [0.3, 0.4) is 0 Å². The highest BCUT2D eigenvalue weighted by Crippen LogP contribution is 2.16. The molecule has 0 saturated carbocycles. The predicted octanol–water partition coefficient (Wildman–Crippen LogP) is 2.62. The Balaban J connectivity index is 1.68. The summed E-state index contributed by atoms with van der Waals surface area (Å²) in [6, 6.07) is 15.3. The highest BCUT2D eigenvalue weighted by Gasteiger charge is 2.07. The fourth-order valence-electron chi connectivity index (χ4n) is 2.04. The molecular weight excluding hydrogens is 324 g/mol. The van der Waals surface area contributed by atoms with Gasteiger partial charge in [-0.2, -0.15) is 0 Å². The molecule has 0 fully saturated rings. The summed E-state index contributed by atoms with van der Waals surface area (Å²) in [6.45, 7) is 3.77. The van der Waals surface area contributed by atoms with Gasteiger partial charge in [0.15, 0.2) is 6.61 Å². The summed E-state index contributed by atoms with van der Waals surface area (Å²) < 4.78 is 5.42. The molecule has 0 heterocycles. The average molecular weight is 344 g/mol. The van der Waals surface area contributed by atoms with Crippen molar-refractivity contribution in [1.82, 2.24) is 10.9 Å². The fourth-order valence-corrected chi connectivity index (χ4v) is 2.76. The smallest absolute Gasteiger partial charge is 0.276 e. The molecule has 0 saturated heterocycles. The van der Waals surface area contributed by atoms with Crippen LogP contribution in [0, 0.1) is 13.8 Å². The zero-order valence-corrected chi connectivity index (χ0v) is 14.5. The van der Waals surface area contributed by atoms with Crippen molar-refractivity contribution in [2.45, 2.75) is 18.7 Å². The Bertz CT molecular complexity index is 684. The van der Waals surface area contributed by atoms with Crippen LogP contribution in [0.5, 0.6) is 5.75 Å². The maximum atomic E-state index is 11.7. The van der Waals surface area contributed by atoms with Crippen molar-refractivity contribution in [1.29, 1.82) is 0 Å². The molecule has 0 spiro atoms. The van der Waals surface area contributed by atoms with Gasteiger partial charge in [-0.3, -0.25) is 20.4 Å². The number of hydrogen-bond donors (Lipinski definition) is 2. The molecule has 2 aromatic carbocycles. The average Bonchev–Trinajstić information content (AvgIpc) is 2.56. The Morgan fingerprint density at radius 3 is 2.25 bits per heavy atom. The normalized spacial score (nSPS) is 10.1. The van der Waals surface area contributed by atoms with E-state index in [1.54, 1.807) is 0 Å². The summed E-state index contributed by atoms with van der Waals surface area (Å²) in [4.78, 5) is 24.4. The first-order valence-electron chi connectivity index (χ1n) is 7.49. The van der Waals surface area contributed by atoms with Crippen LogP contribution in [-0.2, 0) is 9.59 Å². The third-order valence-electron chi connectivity index (χ3n) is 3.02. The van der Waals surface area contributed by atoms with Crippen molar-refractivity contribution in [2.75, 3.05) is 12.4 Å². The zero-order chi connectivity index (χ0) is 17.4. The van der Waals surface area contributed by atoms with Gasteiger partial charge < -0.3 is 4.74 Å². The van der Waals surface area contributed by atoms with E-state index in [1.165, 1.54) is 11.8 Å². The van der Waals surface area contributed by atoms with Crippen molar-refractivity contribution in [3.8, 4) is 5.75 Å². The number of ether oxygens (including phenoxy) is 1. The maximum absolute atomic E-state index is 11.7. The lowest BCUT2D eigenvalue weighted by Gasteiger charge is -2.10. The van der Waals surface area contributed by atoms with E-state index in [0.717, 1.165) is 16.0 Å². The lowest BCUT2D eigenvalue weighted by Crippen LogP contribution is -2.44. The van der Waals surface area contributed by atoms with E-state index in [1.807, 2.05) is 62.4 Å². The van der Waals surface area contributed by atoms with E-state index in [4.69, 9.17) is 4.74 Å². The number of hydrazine groups is 1. The number of amides is 2. The minimum Gasteiger partial charge on any atom is -0.484 e. The molecule has 0 aromatic heterocycles. The fraction of sp³-hybridized carbons (Fsp3) is 0.222. The van der Waals surface area contributed by atoms with Gasteiger partial charge in [0.05, 0.1) is 5.75 Å². The van der Waals surface area contributed by atoms with Crippen LogP contribution >= 0.6 is 11.8 Å². The number of rotatable bonds is 6. The summed E-state index contributed by atoms with van der Waals surface area (Å²) in [5.74, 6) is 0.173. The number of aryl methyl sites for hydroxylation is 2. The Hall–Kier alpha value is -2.47. The maximum Gasteiger partial charge on any atom is 0.276 e. The molecule has 2 rings (SSSR count). The molecule has 0 aliphatic carbocycles. The number of nitrogens with one attached hydrogen (secondary N) is 2. The van der Waals surface area contributed by atoms with Gasteiger partial charge in [0.1, 0.15) is 5.75 Å². The number of carbonyl (C=O) groups excluding carboxylic acids is 2. The van der Waals surface area contributed by atoms with Gasteiger partial charge >= 0.3 is 0 Å². The standard InChI is InChI=1S/C18H20N2O3S/c1-13-8-14(2)10-15(9-13)23-11-17(21)19-20-18(22)12-24-16-6-4-3-5-7-16/h3-10H,11-12H2,1-2H3,(H,19,21)(H,20,22). The first-order valence-corrected chi connectivity index (χ1v) is 8.48. The summed E-state index contributed by atoms with van der Waals surface area (Å²) in [5, 5.41) is 0. The Labute approximate surface area is 145 Å². The molecule has 0 aliphatic rings. The van der Waals surface area contributed by atoms with Gasteiger partial charge in [0, 0.05) is 4.90 Å². The first-order chi connectivity index (χ1) is 11.5. The molecule has 2 aromatic rings. The van der Waals surface area contributed by atoms with Gasteiger partial charge in [0.25, 0.3) is 5.91 Å². The molecule has 2 N–H and O–H groups in total. The van der Waals surface area contributed by atoms with Crippen LogP contribution in [0.1, 0.15) is 11.1 Å². The molecule has 2 amide bonds. The minimum absolute atomic E-state index is 0.158. The molecule has 5 nitrogen and oxygen atoms in total. The van der Waals surface area contributed by atoms with E-state index < -0.39 is 5.91 Å². The topological polar surface area (TPSA) is 67.4 Å². The van der Waals surface area contributed by atoms with Crippen LogP contribution in [0.15, 0.2) is 53.4 Å². The molecule has 6 heteroatoms. The predicted molar refractivity (Wildman–Crippen MR) is 94.9 cm³/mol. The zero-order valence-electron chi connectivity index (χ0n) is 13.7. The van der Waals surface area contributed by atoms with E-state index in [-0.39, 0.29) is 18.3 Å². The van der Waals surface area contributed by atoms with Crippen LogP contribution in [0.25, 0.3) is 0 Å². The molecule has 0 aliphatic heterocycles. The van der Waals surface area contributed by atoms with Gasteiger partial charge in [0.2, 0.25) is 5.91 Å². The highest BCUT2D eigenvalue weighted by molar-refractivity contribution is 8.00. The van der Waals surface area contributed by atoms with Crippen LogP contribution in [-0.4, -0.2) is 24.2 Å². The second-order valence-electron chi connectivity index (χ2n) is 5.31. The van der Waals surface area contributed by atoms with Gasteiger partial charge in [-0.1, -0.05) is 24.3 Å². The largest absolute Gasteiger partial charge is 0.484 e. The second-order valence-corrected chi connectivity index (χ2v) is 6.36. The molecule has 0 bridgehead atoms. The van der Waals surface area contributed by atoms with Crippen molar-refractivity contribution in [2.24, 2.45) is 0 Å². The Morgan fingerprint density at radius 1 is 0.958 bits per heavy atom. The van der Waals surface area contributed by atoms with Crippen LogP contribution in [0.4, 0.5) is 0 Å². The molecule has 0 atom stereocenters. The SMILES string of the molecule is Cc1cc(C)cc(OCC(=O)NNC(=O)CSc2ccccc2)c1. The third kappa shape index (κ3) is 6.34.